The molecule has 1 aliphatic heterocycles. The van der Waals surface area contributed by atoms with Gasteiger partial charge in [-0.3, -0.25) is 24.8 Å². The summed E-state index contributed by atoms with van der Waals surface area (Å²) in [5.41, 5.74) is 2.76. The van der Waals surface area contributed by atoms with Crippen LogP contribution in [0.1, 0.15) is 23.7 Å². The molecular formula is C21H21N5O4. The number of aromatic nitrogens is 3. The van der Waals surface area contributed by atoms with Gasteiger partial charge < -0.3 is 9.72 Å². The average Bonchev–Trinajstić information content (AvgIpc) is 2.76. The second kappa shape index (κ2) is 8.42. The van der Waals surface area contributed by atoms with E-state index < -0.39 is 4.92 Å². The fraction of sp³-hybridized carbons (Fsp3) is 0.286. The van der Waals surface area contributed by atoms with E-state index in [0.29, 0.717) is 44.0 Å². The van der Waals surface area contributed by atoms with Crippen molar-refractivity contribution in [3.8, 4) is 17.1 Å². The molecular weight excluding hydrogens is 386 g/mol. The summed E-state index contributed by atoms with van der Waals surface area (Å²) < 4.78 is 5.34. The smallest absolute Gasteiger partial charge is 0.311 e. The third-order valence-electron chi connectivity index (χ3n) is 5.01. The number of ether oxygens (including phenoxy) is 1. The van der Waals surface area contributed by atoms with Gasteiger partial charge in [0.25, 0.3) is 5.56 Å². The third kappa shape index (κ3) is 4.06. The van der Waals surface area contributed by atoms with Gasteiger partial charge in [-0.05, 0) is 30.7 Å². The first-order valence-electron chi connectivity index (χ1n) is 9.70. The molecule has 0 atom stereocenters. The van der Waals surface area contributed by atoms with E-state index in [1.807, 2.05) is 12.1 Å². The van der Waals surface area contributed by atoms with Crippen LogP contribution in [0.25, 0.3) is 11.4 Å². The van der Waals surface area contributed by atoms with Gasteiger partial charge >= 0.3 is 5.69 Å². The van der Waals surface area contributed by atoms with Gasteiger partial charge in [-0.25, -0.2) is 4.98 Å². The highest BCUT2D eigenvalue weighted by molar-refractivity contribution is 5.53. The molecule has 4 rings (SSSR count). The van der Waals surface area contributed by atoms with Crippen molar-refractivity contribution in [2.45, 2.75) is 26.4 Å². The summed E-state index contributed by atoms with van der Waals surface area (Å²) in [6, 6.07) is 8.64. The van der Waals surface area contributed by atoms with Gasteiger partial charge in [0.1, 0.15) is 5.82 Å². The first kappa shape index (κ1) is 19.7. The zero-order valence-electron chi connectivity index (χ0n) is 16.5. The van der Waals surface area contributed by atoms with E-state index in [1.54, 1.807) is 31.5 Å². The standard InChI is InChI=1S/C21H21N5O4/c1-2-30-19-6-5-14(10-18(19)26(28)29)12-25-9-7-17-16(13-25)21(27)24-20(23-17)15-4-3-8-22-11-15/h3-6,8,10-11H,2,7,9,12-13H2,1H3,(H,23,24,27). The molecule has 1 aliphatic rings. The van der Waals surface area contributed by atoms with Crippen LogP contribution in [0.5, 0.6) is 5.75 Å². The van der Waals surface area contributed by atoms with Crippen molar-refractivity contribution >= 4 is 5.69 Å². The largest absolute Gasteiger partial charge is 0.487 e. The minimum absolute atomic E-state index is 0.0487. The number of nitrogens with zero attached hydrogens (tertiary/aromatic N) is 4. The summed E-state index contributed by atoms with van der Waals surface area (Å²) >= 11 is 0. The minimum Gasteiger partial charge on any atom is -0.487 e. The molecule has 0 unspecified atom stereocenters. The molecule has 9 nitrogen and oxygen atoms in total. The van der Waals surface area contributed by atoms with Gasteiger partial charge in [0, 0.05) is 50.1 Å². The highest BCUT2D eigenvalue weighted by Crippen LogP contribution is 2.29. The van der Waals surface area contributed by atoms with Crippen LogP contribution >= 0.6 is 0 Å². The van der Waals surface area contributed by atoms with Gasteiger partial charge in [0.05, 0.1) is 22.8 Å². The summed E-state index contributed by atoms with van der Waals surface area (Å²) in [6.07, 6.45) is 3.97. The number of rotatable bonds is 6. The molecule has 0 saturated carbocycles. The molecule has 0 aliphatic carbocycles. The Labute approximate surface area is 172 Å². The van der Waals surface area contributed by atoms with Gasteiger partial charge in [-0.1, -0.05) is 6.07 Å². The lowest BCUT2D eigenvalue weighted by molar-refractivity contribution is -0.385. The van der Waals surface area contributed by atoms with Crippen LogP contribution in [0, 0.1) is 10.1 Å². The van der Waals surface area contributed by atoms with Crippen LogP contribution in [-0.2, 0) is 19.5 Å². The lowest BCUT2D eigenvalue weighted by Gasteiger charge is -2.27. The van der Waals surface area contributed by atoms with E-state index in [9.17, 15) is 14.9 Å². The summed E-state index contributed by atoms with van der Waals surface area (Å²) in [5.74, 6) is 0.779. The third-order valence-corrected chi connectivity index (χ3v) is 5.01. The minimum atomic E-state index is -0.436. The summed E-state index contributed by atoms with van der Waals surface area (Å²) in [4.78, 5) is 37.2. The molecule has 0 bridgehead atoms. The fourth-order valence-electron chi connectivity index (χ4n) is 3.60. The normalized spacial score (nSPS) is 13.6. The Hall–Kier alpha value is -3.59. The predicted octanol–water partition coefficient (Wildman–Crippen LogP) is 2.70. The van der Waals surface area contributed by atoms with E-state index in [2.05, 4.69) is 19.9 Å². The second-order valence-electron chi connectivity index (χ2n) is 7.03. The highest BCUT2D eigenvalue weighted by Gasteiger charge is 2.23. The molecule has 2 aromatic heterocycles. The Morgan fingerprint density at radius 2 is 2.20 bits per heavy atom. The quantitative estimate of drug-likeness (QED) is 0.493. The number of nitro groups is 1. The van der Waals surface area contributed by atoms with E-state index in [0.717, 1.165) is 16.8 Å². The number of fused-ring (bicyclic) bond motifs is 1. The van der Waals surface area contributed by atoms with Crippen LogP contribution in [0.2, 0.25) is 0 Å². The Balaban J connectivity index is 1.55. The van der Waals surface area contributed by atoms with Crippen molar-refractivity contribution in [2.75, 3.05) is 13.2 Å². The van der Waals surface area contributed by atoms with Gasteiger partial charge in [-0.2, -0.15) is 0 Å². The Morgan fingerprint density at radius 1 is 1.33 bits per heavy atom. The Bertz CT molecular complexity index is 1130. The van der Waals surface area contributed by atoms with Gasteiger partial charge in [0.2, 0.25) is 0 Å². The van der Waals surface area contributed by atoms with Crippen molar-refractivity contribution < 1.29 is 9.66 Å². The molecule has 9 heteroatoms. The average molecular weight is 407 g/mol. The summed E-state index contributed by atoms with van der Waals surface area (Å²) in [6.45, 7) is 3.79. The zero-order chi connectivity index (χ0) is 21.1. The van der Waals surface area contributed by atoms with Crippen molar-refractivity contribution in [3.05, 3.63) is 80.0 Å². The lowest BCUT2D eigenvalue weighted by Crippen LogP contribution is -2.35. The fourth-order valence-corrected chi connectivity index (χ4v) is 3.60. The summed E-state index contributed by atoms with van der Waals surface area (Å²) in [5, 5.41) is 11.4. The van der Waals surface area contributed by atoms with E-state index in [-0.39, 0.29) is 17.0 Å². The Morgan fingerprint density at radius 3 is 2.93 bits per heavy atom. The zero-order valence-corrected chi connectivity index (χ0v) is 16.5. The number of hydrogen-bond donors (Lipinski definition) is 1. The number of nitrogens with one attached hydrogen (secondary N) is 1. The molecule has 0 saturated heterocycles. The van der Waals surface area contributed by atoms with Crippen LogP contribution in [-0.4, -0.2) is 37.9 Å². The van der Waals surface area contributed by atoms with Crippen molar-refractivity contribution in [2.24, 2.45) is 0 Å². The monoisotopic (exact) mass is 407 g/mol. The highest BCUT2D eigenvalue weighted by atomic mass is 16.6. The van der Waals surface area contributed by atoms with E-state index in [4.69, 9.17) is 4.74 Å². The van der Waals surface area contributed by atoms with Crippen molar-refractivity contribution in [1.82, 2.24) is 19.9 Å². The van der Waals surface area contributed by atoms with E-state index >= 15 is 0 Å². The molecule has 0 spiro atoms. The molecule has 154 valence electrons. The molecule has 3 heterocycles. The number of hydrogen-bond acceptors (Lipinski definition) is 7. The van der Waals surface area contributed by atoms with Crippen molar-refractivity contribution in [1.29, 1.82) is 0 Å². The van der Waals surface area contributed by atoms with Crippen LogP contribution in [0.4, 0.5) is 5.69 Å². The number of H-pyrrole nitrogens is 1. The molecule has 30 heavy (non-hydrogen) atoms. The topological polar surface area (TPSA) is 114 Å². The first-order chi connectivity index (χ1) is 14.5. The summed E-state index contributed by atoms with van der Waals surface area (Å²) in [7, 11) is 0. The number of aromatic amines is 1. The van der Waals surface area contributed by atoms with Crippen molar-refractivity contribution in [3.63, 3.8) is 0 Å². The second-order valence-corrected chi connectivity index (χ2v) is 7.03. The number of benzene rings is 1. The molecule has 0 amide bonds. The van der Waals surface area contributed by atoms with Crippen LogP contribution in [0.3, 0.4) is 0 Å². The van der Waals surface area contributed by atoms with E-state index in [1.165, 1.54) is 6.07 Å². The molecule has 0 radical (unpaired) electrons. The number of nitro benzene ring substituents is 1. The van der Waals surface area contributed by atoms with Crippen LogP contribution < -0.4 is 10.3 Å². The maximum absolute atomic E-state index is 12.7. The maximum atomic E-state index is 12.7. The van der Waals surface area contributed by atoms with Gasteiger partial charge in [0.15, 0.2) is 5.75 Å². The predicted molar refractivity (Wildman–Crippen MR) is 110 cm³/mol. The first-order valence-corrected chi connectivity index (χ1v) is 9.70. The maximum Gasteiger partial charge on any atom is 0.311 e. The SMILES string of the molecule is CCOc1ccc(CN2CCc3nc(-c4cccnc4)[nH]c(=O)c3C2)cc1[N+](=O)[O-]. The Kier molecular flexibility index (Phi) is 5.53. The number of pyridine rings is 1. The lowest BCUT2D eigenvalue weighted by atomic mass is 10.1. The molecule has 1 aromatic carbocycles. The molecule has 0 fully saturated rings. The van der Waals surface area contributed by atoms with Crippen LogP contribution in [0.15, 0.2) is 47.5 Å². The van der Waals surface area contributed by atoms with Gasteiger partial charge in [-0.15, -0.1) is 0 Å². The molecule has 3 aromatic rings. The molecule has 1 N–H and O–H groups in total.